The molecule has 0 spiro atoms. The quantitative estimate of drug-likeness (QED) is 0.234. The molecule has 0 atom stereocenters. The number of hydrogen-bond donors (Lipinski definition) is 2. The first kappa shape index (κ1) is 24.8. The number of ether oxygens (including phenoxy) is 2. The molecule has 0 aromatic heterocycles. The molecule has 0 amide bonds. The van der Waals surface area contributed by atoms with Gasteiger partial charge in [-0.2, -0.15) is 0 Å². The lowest BCUT2D eigenvalue weighted by Gasteiger charge is -2.20. The molecule has 1 fully saturated rings. The van der Waals surface area contributed by atoms with Gasteiger partial charge in [-0.1, -0.05) is 18.9 Å². The minimum absolute atomic E-state index is 0. The molecule has 6 nitrogen and oxygen atoms in total. The number of rotatable bonds is 9. The molecule has 0 aliphatic carbocycles. The van der Waals surface area contributed by atoms with Crippen molar-refractivity contribution in [1.29, 1.82) is 0 Å². The summed E-state index contributed by atoms with van der Waals surface area (Å²) in [5.41, 5.74) is 1.21. The standard InChI is InChI=1S/C21H36N4O2.HI/c1-22-21(23-12-8-16-25-14-6-4-5-7-15-25)24-13-11-18-9-10-19(26-2)20(17-18)27-3;/h9-10,17H,4-8,11-16H2,1-3H3,(H2,22,23,24);1H. The summed E-state index contributed by atoms with van der Waals surface area (Å²) in [6.07, 6.45) is 7.54. The topological polar surface area (TPSA) is 58.1 Å². The maximum Gasteiger partial charge on any atom is 0.190 e. The van der Waals surface area contributed by atoms with Crippen molar-refractivity contribution in [3.63, 3.8) is 0 Å². The number of nitrogens with zero attached hydrogens (tertiary/aromatic N) is 2. The molecule has 1 aromatic rings. The Morgan fingerprint density at radius 1 is 1.00 bits per heavy atom. The third-order valence-electron chi connectivity index (χ3n) is 5.02. The molecule has 160 valence electrons. The second-order valence-electron chi connectivity index (χ2n) is 6.97. The number of aliphatic imine (C=N–C) groups is 1. The van der Waals surface area contributed by atoms with Crippen molar-refractivity contribution in [3.8, 4) is 11.5 Å². The Labute approximate surface area is 187 Å². The van der Waals surface area contributed by atoms with Gasteiger partial charge in [0, 0.05) is 20.1 Å². The molecule has 0 unspecified atom stereocenters. The number of guanidine groups is 1. The average molecular weight is 504 g/mol. The monoisotopic (exact) mass is 504 g/mol. The van der Waals surface area contributed by atoms with E-state index >= 15 is 0 Å². The SMILES string of the molecule is CN=C(NCCCN1CCCCCC1)NCCc1ccc(OC)c(OC)c1.I. The molecule has 28 heavy (non-hydrogen) atoms. The van der Waals surface area contributed by atoms with E-state index in [4.69, 9.17) is 9.47 Å². The van der Waals surface area contributed by atoms with E-state index < -0.39 is 0 Å². The Morgan fingerprint density at radius 3 is 2.32 bits per heavy atom. The molecule has 1 heterocycles. The van der Waals surface area contributed by atoms with E-state index in [-0.39, 0.29) is 24.0 Å². The molecule has 7 heteroatoms. The van der Waals surface area contributed by atoms with Gasteiger partial charge in [-0.15, -0.1) is 24.0 Å². The molecule has 0 saturated carbocycles. The van der Waals surface area contributed by atoms with Crippen LogP contribution in [-0.4, -0.2) is 64.9 Å². The average Bonchev–Trinajstić information content (AvgIpc) is 2.98. The van der Waals surface area contributed by atoms with Crippen LogP contribution in [-0.2, 0) is 6.42 Å². The van der Waals surface area contributed by atoms with Gasteiger partial charge in [-0.05, 0) is 63.0 Å². The molecular weight excluding hydrogens is 467 g/mol. The summed E-state index contributed by atoms with van der Waals surface area (Å²) in [6, 6.07) is 6.04. The van der Waals surface area contributed by atoms with Gasteiger partial charge < -0.3 is 25.0 Å². The molecule has 1 aliphatic rings. The highest BCUT2D eigenvalue weighted by Gasteiger charge is 2.08. The third-order valence-corrected chi connectivity index (χ3v) is 5.02. The molecular formula is C21H37IN4O2. The first-order chi connectivity index (χ1) is 13.3. The Kier molecular flexibility index (Phi) is 13.1. The predicted molar refractivity (Wildman–Crippen MR) is 128 cm³/mol. The van der Waals surface area contributed by atoms with Crippen molar-refractivity contribution in [2.24, 2.45) is 4.99 Å². The van der Waals surface area contributed by atoms with Crippen LogP contribution in [0.1, 0.15) is 37.7 Å². The second-order valence-corrected chi connectivity index (χ2v) is 6.97. The third kappa shape index (κ3) is 8.86. The van der Waals surface area contributed by atoms with E-state index in [9.17, 15) is 0 Å². The Morgan fingerprint density at radius 2 is 1.68 bits per heavy atom. The van der Waals surface area contributed by atoms with Gasteiger partial charge >= 0.3 is 0 Å². The van der Waals surface area contributed by atoms with E-state index in [1.165, 1.54) is 50.9 Å². The summed E-state index contributed by atoms with van der Waals surface area (Å²) < 4.78 is 10.6. The van der Waals surface area contributed by atoms with E-state index in [0.717, 1.165) is 43.4 Å². The lowest BCUT2D eigenvalue weighted by atomic mass is 10.1. The summed E-state index contributed by atoms with van der Waals surface area (Å²) in [4.78, 5) is 6.91. The summed E-state index contributed by atoms with van der Waals surface area (Å²) >= 11 is 0. The van der Waals surface area contributed by atoms with Gasteiger partial charge in [0.2, 0.25) is 0 Å². The highest BCUT2D eigenvalue weighted by Crippen LogP contribution is 2.27. The predicted octanol–water partition coefficient (Wildman–Crippen LogP) is 3.30. The van der Waals surface area contributed by atoms with Gasteiger partial charge in [0.25, 0.3) is 0 Å². The van der Waals surface area contributed by atoms with E-state index in [1.54, 1.807) is 14.2 Å². The summed E-state index contributed by atoms with van der Waals surface area (Å²) in [6.45, 7) is 5.47. The van der Waals surface area contributed by atoms with Crippen LogP contribution in [0.5, 0.6) is 11.5 Å². The maximum absolute atomic E-state index is 5.36. The van der Waals surface area contributed by atoms with Crippen LogP contribution < -0.4 is 20.1 Å². The number of likely N-dealkylation sites (tertiary alicyclic amines) is 1. The molecule has 1 saturated heterocycles. The van der Waals surface area contributed by atoms with Crippen LogP contribution in [0.3, 0.4) is 0 Å². The highest BCUT2D eigenvalue weighted by atomic mass is 127. The number of hydrogen-bond acceptors (Lipinski definition) is 4. The van der Waals surface area contributed by atoms with Gasteiger partial charge in [0.1, 0.15) is 0 Å². The van der Waals surface area contributed by atoms with Crippen LogP contribution in [0.25, 0.3) is 0 Å². The Balaban J connectivity index is 0.00000392. The molecule has 0 radical (unpaired) electrons. The van der Waals surface area contributed by atoms with Crippen LogP contribution >= 0.6 is 24.0 Å². The minimum Gasteiger partial charge on any atom is -0.493 e. The van der Waals surface area contributed by atoms with Gasteiger partial charge in [0.05, 0.1) is 14.2 Å². The molecule has 2 N–H and O–H groups in total. The highest BCUT2D eigenvalue weighted by molar-refractivity contribution is 14.0. The van der Waals surface area contributed by atoms with Gasteiger partial charge in [-0.3, -0.25) is 4.99 Å². The zero-order chi connectivity index (χ0) is 19.3. The zero-order valence-corrected chi connectivity index (χ0v) is 20.0. The van der Waals surface area contributed by atoms with Crippen LogP contribution in [0.15, 0.2) is 23.2 Å². The van der Waals surface area contributed by atoms with Crippen molar-refractivity contribution < 1.29 is 9.47 Å². The number of nitrogens with one attached hydrogen (secondary N) is 2. The second kappa shape index (κ2) is 14.7. The minimum atomic E-state index is 0. The van der Waals surface area contributed by atoms with E-state index in [0.29, 0.717) is 0 Å². The van der Waals surface area contributed by atoms with Crippen LogP contribution in [0, 0.1) is 0 Å². The molecule has 0 bridgehead atoms. The van der Waals surface area contributed by atoms with Crippen molar-refractivity contribution in [3.05, 3.63) is 23.8 Å². The summed E-state index contributed by atoms with van der Waals surface area (Å²) in [5.74, 6) is 2.40. The summed E-state index contributed by atoms with van der Waals surface area (Å²) in [5, 5.41) is 6.80. The van der Waals surface area contributed by atoms with Crippen molar-refractivity contribution in [1.82, 2.24) is 15.5 Å². The van der Waals surface area contributed by atoms with Crippen LogP contribution in [0.4, 0.5) is 0 Å². The largest absolute Gasteiger partial charge is 0.493 e. The van der Waals surface area contributed by atoms with Gasteiger partial charge in [0.15, 0.2) is 17.5 Å². The van der Waals surface area contributed by atoms with Gasteiger partial charge in [-0.25, -0.2) is 0 Å². The zero-order valence-electron chi connectivity index (χ0n) is 17.6. The molecule has 1 aliphatic heterocycles. The maximum atomic E-state index is 5.36. The number of benzene rings is 1. The first-order valence-electron chi connectivity index (χ1n) is 10.1. The fourth-order valence-corrected chi connectivity index (χ4v) is 3.45. The fourth-order valence-electron chi connectivity index (χ4n) is 3.45. The molecule has 1 aromatic carbocycles. The Bertz CT molecular complexity index is 576. The van der Waals surface area contributed by atoms with E-state index in [2.05, 4.69) is 26.6 Å². The number of methoxy groups -OCH3 is 2. The summed E-state index contributed by atoms with van der Waals surface area (Å²) in [7, 11) is 5.14. The fraction of sp³-hybridized carbons (Fsp3) is 0.667. The smallest absolute Gasteiger partial charge is 0.190 e. The van der Waals surface area contributed by atoms with Crippen molar-refractivity contribution >= 4 is 29.9 Å². The molecule has 2 rings (SSSR count). The Hall–Kier alpha value is -1.22. The van der Waals surface area contributed by atoms with Crippen molar-refractivity contribution in [2.75, 3.05) is 54.0 Å². The number of halogens is 1. The van der Waals surface area contributed by atoms with Crippen LogP contribution in [0.2, 0.25) is 0 Å². The van der Waals surface area contributed by atoms with E-state index in [1.807, 2.05) is 19.2 Å². The first-order valence-corrected chi connectivity index (χ1v) is 10.1. The lowest BCUT2D eigenvalue weighted by molar-refractivity contribution is 0.282. The lowest BCUT2D eigenvalue weighted by Crippen LogP contribution is -2.39. The normalized spacial score (nSPS) is 15.3. The van der Waals surface area contributed by atoms with Crippen molar-refractivity contribution in [2.45, 2.75) is 38.5 Å².